The Bertz CT molecular complexity index is 984. The van der Waals surface area contributed by atoms with Gasteiger partial charge in [0.05, 0.1) is 21.7 Å². The van der Waals surface area contributed by atoms with Crippen LogP contribution in [0.4, 0.5) is 5.82 Å². The summed E-state index contributed by atoms with van der Waals surface area (Å²) in [5.74, 6) is 1.15. The Balaban J connectivity index is 1.52. The molecular weight excluding hydrogens is 424 g/mol. The molecule has 1 aromatic heterocycles. The van der Waals surface area contributed by atoms with E-state index in [1.54, 1.807) is 6.07 Å². The Hall–Kier alpha value is -1.89. The predicted octanol–water partition coefficient (Wildman–Crippen LogP) is 4.09. The van der Waals surface area contributed by atoms with Crippen molar-refractivity contribution in [1.82, 2.24) is 15.2 Å². The number of pyridine rings is 1. The highest BCUT2D eigenvalue weighted by molar-refractivity contribution is 6.35. The number of fused-ring (bicyclic) bond motifs is 1. The molecule has 32 heavy (non-hydrogen) atoms. The van der Waals surface area contributed by atoms with E-state index in [0.717, 1.165) is 62.0 Å². The van der Waals surface area contributed by atoms with Crippen LogP contribution >= 0.6 is 11.6 Å². The zero-order chi connectivity index (χ0) is 22.9. The first kappa shape index (κ1) is 23.3. The van der Waals surface area contributed by atoms with Gasteiger partial charge in [0, 0.05) is 31.1 Å². The number of aromatic nitrogens is 1. The van der Waals surface area contributed by atoms with E-state index in [1.165, 1.54) is 0 Å². The molecule has 2 heterocycles. The minimum Gasteiger partial charge on any atom is -0.388 e. The Morgan fingerprint density at radius 3 is 2.91 bits per heavy atom. The van der Waals surface area contributed by atoms with E-state index in [-0.39, 0.29) is 12.5 Å². The highest BCUT2D eigenvalue weighted by Crippen LogP contribution is 2.32. The minimum atomic E-state index is -0.840. The average molecular weight is 459 g/mol. The van der Waals surface area contributed by atoms with Crippen molar-refractivity contribution in [3.05, 3.63) is 34.9 Å². The fourth-order valence-electron chi connectivity index (χ4n) is 5.27. The van der Waals surface area contributed by atoms with Gasteiger partial charge in [-0.25, -0.2) is 4.98 Å². The van der Waals surface area contributed by atoms with Gasteiger partial charge in [-0.2, -0.15) is 0 Å². The van der Waals surface area contributed by atoms with Crippen molar-refractivity contribution in [1.29, 1.82) is 0 Å². The summed E-state index contributed by atoms with van der Waals surface area (Å²) < 4.78 is 0. The fourth-order valence-corrected chi connectivity index (χ4v) is 5.52. The molecule has 1 saturated carbocycles. The van der Waals surface area contributed by atoms with Gasteiger partial charge < -0.3 is 20.2 Å². The predicted molar refractivity (Wildman–Crippen MR) is 131 cm³/mol. The summed E-state index contributed by atoms with van der Waals surface area (Å²) in [6, 6.07) is 8.09. The lowest BCUT2D eigenvalue weighted by atomic mass is 9.79. The van der Waals surface area contributed by atoms with Crippen LogP contribution in [-0.4, -0.2) is 65.8 Å². The highest BCUT2D eigenvalue weighted by atomic mass is 35.5. The van der Waals surface area contributed by atoms with Crippen LogP contribution in [0, 0.1) is 5.92 Å². The van der Waals surface area contributed by atoms with Gasteiger partial charge in [-0.1, -0.05) is 38.3 Å². The van der Waals surface area contributed by atoms with Crippen molar-refractivity contribution < 1.29 is 9.90 Å². The second-order valence-corrected chi connectivity index (χ2v) is 10.1. The Morgan fingerprint density at radius 1 is 1.34 bits per heavy atom. The van der Waals surface area contributed by atoms with Crippen molar-refractivity contribution in [2.75, 3.05) is 38.1 Å². The molecule has 0 radical (unpaired) electrons. The monoisotopic (exact) mass is 458 g/mol. The van der Waals surface area contributed by atoms with Gasteiger partial charge in [0.1, 0.15) is 5.82 Å². The van der Waals surface area contributed by atoms with Crippen LogP contribution in [-0.2, 0) is 0 Å². The molecule has 1 amide bonds. The molecule has 4 rings (SSSR count). The number of likely N-dealkylation sites (N-methyl/N-ethyl adjacent to an activating group) is 1. The normalized spacial score (nSPS) is 26.1. The molecular formula is C25H35ClN4O2. The first-order chi connectivity index (χ1) is 15.3. The number of hydrogen-bond donors (Lipinski definition) is 2. The van der Waals surface area contributed by atoms with E-state index in [4.69, 9.17) is 16.6 Å². The van der Waals surface area contributed by atoms with Gasteiger partial charge in [-0.3, -0.25) is 4.79 Å². The van der Waals surface area contributed by atoms with E-state index in [0.29, 0.717) is 29.0 Å². The van der Waals surface area contributed by atoms with Crippen molar-refractivity contribution in [2.24, 2.45) is 5.92 Å². The number of amides is 1. The van der Waals surface area contributed by atoms with Crippen molar-refractivity contribution in [2.45, 2.75) is 57.6 Å². The quantitative estimate of drug-likeness (QED) is 0.682. The van der Waals surface area contributed by atoms with Gasteiger partial charge in [0.25, 0.3) is 5.91 Å². The third-order valence-corrected chi connectivity index (χ3v) is 7.60. The van der Waals surface area contributed by atoms with Crippen LogP contribution in [0.2, 0.25) is 5.02 Å². The summed E-state index contributed by atoms with van der Waals surface area (Å²) in [4.78, 5) is 22.6. The Kier molecular flexibility index (Phi) is 6.94. The number of nitrogens with zero attached hydrogens (tertiary/aromatic N) is 3. The summed E-state index contributed by atoms with van der Waals surface area (Å²) in [6.45, 7) is 7.55. The summed E-state index contributed by atoms with van der Waals surface area (Å²) in [5.41, 5.74) is 0.350. The molecule has 174 valence electrons. The number of carbonyl (C=O) groups is 1. The molecule has 1 saturated heterocycles. The molecule has 6 nitrogen and oxygen atoms in total. The van der Waals surface area contributed by atoms with E-state index >= 15 is 0 Å². The lowest BCUT2D eigenvalue weighted by Crippen LogP contribution is -2.45. The summed E-state index contributed by atoms with van der Waals surface area (Å²) in [5, 5.41) is 15.0. The number of benzene rings is 1. The van der Waals surface area contributed by atoms with Crippen molar-refractivity contribution in [3.63, 3.8) is 0 Å². The molecule has 1 aliphatic heterocycles. The van der Waals surface area contributed by atoms with Gasteiger partial charge in [-0.05, 0) is 63.0 Å². The van der Waals surface area contributed by atoms with E-state index < -0.39 is 5.60 Å². The third kappa shape index (κ3) is 4.87. The maximum atomic E-state index is 13.1. The largest absolute Gasteiger partial charge is 0.388 e. The Morgan fingerprint density at radius 2 is 2.16 bits per heavy atom. The second kappa shape index (κ2) is 9.54. The van der Waals surface area contributed by atoms with Crippen LogP contribution in [0.1, 0.15) is 56.3 Å². The lowest BCUT2D eigenvalue weighted by Gasteiger charge is -2.35. The molecule has 1 aliphatic carbocycles. The minimum absolute atomic E-state index is 0.245. The van der Waals surface area contributed by atoms with Crippen molar-refractivity contribution in [3.8, 4) is 0 Å². The summed E-state index contributed by atoms with van der Waals surface area (Å²) in [7, 11) is 2.17. The number of anilines is 1. The van der Waals surface area contributed by atoms with Gasteiger partial charge >= 0.3 is 0 Å². The summed E-state index contributed by atoms with van der Waals surface area (Å²) in [6.07, 6.45) is 4.67. The maximum absolute atomic E-state index is 13.1. The first-order valence-corrected chi connectivity index (χ1v) is 12.2. The van der Waals surface area contributed by atoms with Crippen LogP contribution < -0.4 is 10.2 Å². The zero-order valence-electron chi connectivity index (χ0n) is 19.4. The maximum Gasteiger partial charge on any atom is 0.253 e. The van der Waals surface area contributed by atoms with E-state index in [9.17, 15) is 9.90 Å². The number of halogens is 1. The molecule has 2 N–H and O–H groups in total. The second-order valence-electron chi connectivity index (χ2n) is 9.73. The van der Waals surface area contributed by atoms with Gasteiger partial charge in [-0.15, -0.1) is 0 Å². The van der Waals surface area contributed by atoms with Gasteiger partial charge in [0.2, 0.25) is 0 Å². The van der Waals surface area contributed by atoms with E-state index in [1.807, 2.05) is 18.2 Å². The number of carbonyl (C=O) groups excluding carboxylic acids is 1. The van der Waals surface area contributed by atoms with Crippen LogP contribution in [0.5, 0.6) is 0 Å². The molecule has 1 unspecified atom stereocenters. The molecule has 3 atom stereocenters. The Labute approximate surface area is 195 Å². The highest BCUT2D eigenvalue weighted by Gasteiger charge is 2.33. The number of hydrogen-bond acceptors (Lipinski definition) is 5. The molecule has 2 aliphatic rings. The fraction of sp³-hybridized carbons (Fsp3) is 0.600. The standard InChI is InChI=1S/C25H35ClN4O2/c1-4-29(3)18-11-13-30(15-18)22-10-7-19-21(28-22)9-8-20(26)23(19)24(31)27-16-25(32)12-5-6-17(2)14-25/h7-10,17-18,32H,4-6,11-16H2,1-3H3,(H,27,31)/t17-,18?,25-/m0/s1. The number of nitrogens with one attached hydrogen (secondary N) is 1. The van der Waals surface area contributed by atoms with Crippen LogP contribution in [0.15, 0.2) is 24.3 Å². The lowest BCUT2D eigenvalue weighted by molar-refractivity contribution is -0.0109. The number of rotatable bonds is 6. The van der Waals surface area contributed by atoms with Crippen LogP contribution in [0.25, 0.3) is 10.9 Å². The summed E-state index contributed by atoms with van der Waals surface area (Å²) >= 11 is 6.45. The third-order valence-electron chi connectivity index (χ3n) is 7.29. The van der Waals surface area contributed by atoms with E-state index in [2.05, 4.69) is 36.0 Å². The zero-order valence-corrected chi connectivity index (χ0v) is 20.2. The van der Waals surface area contributed by atoms with Crippen LogP contribution in [0.3, 0.4) is 0 Å². The topological polar surface area (TPSA) is 68.7 Å². The number of aliphatic hydroxyl groups is 1. The molecule has 7 heteroatoms. The van der Waals surface area contributed by atoms with Gasteiger partial charge in [0.15, 0.2) is 0 Å². The molecule has 2 aromatic rings. The molecule has 0 spiro atoms. The SMILES string of the molecule is CCN(C)C1CCN(c2ccc3c(C(=O)NC[C@]4(O)CCC[C@H](C)C4)c(Cl)ccc3n2)C1. The molecule has 0 bridgehead atoms. The molecule has 1 aromatic carbocycles. The van der Waals surface area contributed by atoms with Crippen molar-refractivity contribution >= 4 is 34.2 Å². The molecule has 2 fully saturated rings. The first-order valence-electron chi connectivity index (χ1n) is 11.8. The smallest absolute Gasteiger partial charge is 0.253 e. The average Bonchev–Trinajstić information content (AvgIpc) is 3.27.